The monoisotopic (exact) mass is 540 g/mol. The van der Waals surface area contributed by atoms with Crippen LogP contribution in [0.2, 0.25) is 0 Å². The zero-order chi connectivity index (χ0) is 26.4. The fraction of sp³-hybridized carbons (Fsp3) is 0.200. The van der Waals surface area contributed by atoms with Gasteiger partial charge in [0.25, 0.3) is 11.2 Å². The van der Waals surface area contributed by atoms with Crippen LogP contribution in [0.15, 0.2) is 52.3 Å². The molecule has 0 bridgehead atoms. The third-order valence-electron chi connectivity index (χ3n) is 4.99. The van der Waals surface area contributed by atoms with Crippen LogP contribution in [0, 0.1) is 10.1 Å². The van der Waals surface area contributed by atoms with Crippen molar-refractivity contribution >= 4 is 42.1 Å². The summed E-state index contributed by atoms with van der Waals surface area (Å²) in [6, 6.07) is 6.46. The zero-order valence-electron chi connectivity index (χ0n) is 18.4. The zero-order valence-corrected chi connectivity index (χ0v) is 20.1. The number of halogens is 3. The number of nitro groups is 1. The molecular weight excluding hydrogens is 525 g/mol. The summed E-state index contributed by atoms with van der Waals surface area (Å²) >= 11 is 0.809. The number of aromatic nitrogens is 4. The minimum absolute atomic E-state index is 0.0165. The molecule has 36 heavy (non-hydrogen) atoms. The molecule has 11 nitrogen and oxygen atoms in total. The van der Waals surface area contributed by atoms with E-state index in [4.69, 9.17) is 0 Å². The van der Waals surface area contributed by atoms with Gasteiger partial charge >= 0.3 is 6.18 Å². The molecule has 0 aliphatic rings. The van der Waals surface area contributed by atoms with Crippen molar-refractivity contribution < 1.29 is 26.5 Å². The quantitative estimate of drug-likeness (QED) is 0.266. The van der Waals surface area contributed by atoms with Gasteiger partial charge in [0.1, 0.15) is 10.4 Å². The Bertz CT molecular complexity index is 1670. The molecule has 0 saturated carbocycles. The van der Waals surface area contributed by atoms with E-state index in [1.54, 1.807) is 0 Å². The first-order valence-corrected chi connectivity index (χ1v) is 12.6. The van der Waals surface area contributed by atoms with Crippen molar-refractivity contribution in [2.75, 3.05) is 18.2 Å². The van der Waals surface area contributed by atoms with Gasteiger partial charge in [-0.1, -0.05) is 22.6 Å². The lowest BCUT2D eigenvalue weighted by Crippen LogP contribution is -2.20. The summed E-state index contributed by atoms with van der Waals surface area (Å²) in [4.78, 5) is 28.5. The van der Waals surface area contributed by atoms with Gasteiger partial charge in [-0.2, -0.15) is 18.2 Å². The lowest BCUT2D eigenvalue weighted by atomic mass is 10.2. The Hall–Kier alpha value is -3.92. The number of non-ortho nitro benzene ring substituents is 1. The van der Waals surface area contributed by atoms with E-state index in [2.05, 4.69) is 15.3 Å². The van der Waals surface area contributed by atoms with Crippen LogP contribution in [-0.4, -0.2) is 46.6 Å². The molecule has 0 unspecified atom stereocenters. The number of hydrogen-bond donors (Lipinski definition) is 0. The molecule has 2 aromatic heterocycles. The maximum atomic E-state index is 13.0. The van der Waals surface area contributed by atoms with Gasteiger partial charge in [0, 0.05) is 19.4 Å². The van der Waals surface area contributed by atoms with E-state index in [1.807, 2.05) is 0 Å². The van der Waals surface area contributed by atoms with Crippen molar-refractivity contribution in [3.63, 3.8) is 0 Å². The number of rotatable bonds is 6. The molecule has 0 amide bonds. The van der Waals surface area contributed by atoms with Crippen LogP contribution < -0.4 is 10.5 Å². The van der Waals surface area contributed by atoms with Gasteiger partial charge in [0.2, 0.25) is 0 Å². The van der Waals surface area contributed by atoms with E-state index < -0.39 is 37.7 Å². The molecule has 0 saturated heterocycles. The van der Waals surface area contributed by atoms with Gasteiger partial charge in [-0.25, -0.2) is 13.1 Å². The topological polar surface area (TPSA) is 141 Å². The second-order valence-corrected chi connectivity index (χ2v) is 10.7. The molecule has 4 rings (SSSR count). The lowest BCUT2D eigenvalue weighted by molar-refractivity contribution is -0.383. The molecular formula is C20H15F3N6O5S2. The standard InChI is InChI=1S/C20H15F3N6O5S2/c1-27(9-12-10-28(26-25-12)13-5-3-4-11(6-13)20(21,22)23)19-24-18(30)15-7-14(36(2,33)34)8-16(29(31)32)17(15)35-19/h3-8,10H,9H2,1-2H3. The minimum Gasteiger partial charge on any atom is -0.345 e. The molecule has 16 heteroatoms. The van der Waals surface area contributed by atoms with Crippen LogP contribution in [0.25, 0.3) is 15.8 Å². The molecule has 188 valence electrons. The number of nitro benzene ring substituents is 1. The molecule has 0 atom stereocenters. The van der Waals surface area contributed by atoms with Crippen LogP contribution in [-0.2, 0) is 22.6 Å². The molecule has 4 aromatic rings. The smallest absolute Gasteiger partial charge is 0.345 e. The van der Waals surface area contributed by atoms with Gasteiger partial charge in [-0.15, -0.1) is 5.10 Å². The maximum Gasteiger partial charge on any atom is 0.416 e. The Labute approximate surface area is 204 Å². The van der Waals surface area contributed by atoms with Gasteiger partial charge < -0.3 is 4.90 Å². The van der Waals surface area contributed by atoms with Crippen molar-refractivity contribution in [2.45, 2.75) is 17.6 Å². The van der Waals surface area contributed by atoms with Gasteiger partial charge in [0.05, 0.1) is 39.2 Å². The molecule has 0 radical (unpaired) electrons. The predicted octanol–water partition coefficient (Wildman–Crippen LogP) is 3.20. The number of anilines is 1. The SMILES string of the molecule is CN(Cc1cn(-c2cccc(C(F)(F)F)c2)nn1)c1nc(=O)c2cc(S(C)(=O)=O)cc([N+](=O)[O-])c2s1. The van der Waals surface area contributed by atoms with E-state index in [0.717, 1.165) is 46.5 Å². The first kappa shape index (κ1) is 25.2. The molecule has 2 heterocycles. The van der Waals surface area contributed by atoms with Crippen molar-refractivity contribution in [1.29, 1.82) is 0 Å². The van der Waals surface area contributed by atoms with Gasteiger partial charge in [-0.05, 0) is 24.3 Å². The van der Waals surface area contributed by atoms with Gasteiger partial charge in [0.15, 0.2) is 15.0 Å². The summed E-state index contributed by atoms with van der Waals surface area (Å²) in [6.07, 6.45) is -2.26. The summed E-state index contributed by atoms with van der Waals surface area (Å²) < 4.78 is 63.9. The number of sulfone groups is 1. The van der Waals surface area contributed by atoms with E-state index >= 15 is 0 Å². The predicted molar refractivity (Wildman–Crippen MR) is 124 cm³/mol. The summed E-state index contributed by atoms with van der Waals surface area (Å²) in [5.74, 6) is 0. The number of alkyl halides is 3. The number of fused-ring (bicyclic) bond motifs is 1. The summed E-state index contributed by atoms with van der Waals surface area (Å²) in [5.41, 5.74) is -1.80. The van der Waals surface area contributed by atoms with Crippen LogP contribution in [0.5, 0.6) is 0 Å². The Morgan fingerprint density at radius 3 is 2.58 bits per heavy atom. The number of benzene rings is 2. The third kappa shape index (κ3) is 5.03. The Morgan fingerprint density at radius 1 is 1.22 bits per heavy atom. The van der Waals surface area contributed by atoms with Gasteiger partial charge in [-0.3, -0.25) is 14.9 Å². The van der Waals surface area contributed by atoms with E-state index in [1.165, 1.54) is 30.3 Å². The average Bonchev–Trinajstić information content (AvgIpc) is 3.25. The fourth-order valence-corrected chi connectivity index (χ4v) is 4.94. The van der Waals surface area contributed by atoms with Crippen LogP contribution in [0.1, 0.15) is 11.3 Å². The highest BCUT2D eigenvalue weighted by atomic mass is 32.2. The van der Waals surface area contributed by atoms with Crippen LogP contribution in [0.3, 0.4) is 0 Å². The maximum absolute atomic E-state index is 13.0. The minimum atomic E-state index is -4.52. The molecule has 0 N–H and O–H groups in total. The average molecular weight is 541 g/mol. The van der Waals surface area contributed by atoms with Crippen molar-refractivity contribution in [3.05, 3.63) is 74.3 Å². The van der Waals surface area contributed by atoms with Crippen molar-refractivity contribution in [3.8, 4) is 5.69 Å². The molecule has 0 aliphatic heterocycles. The Balaban J connectivity index is 1.67. The van der Waals surface area contributed by atoms with Crippen LogP contribution in [0.4, 0.5) is 24.0 Å². The van der Waals surface area contributed by atoms with E-state index in [0.29, 0.717) is 5.69 Å². The molecule has 0 aliphatic carbocycles. The highest BCUT2D eigenvalue weighted by molar-refractivity contribution is 7.90. The van der Waals surface area contributed by atoms with E-state index in [9.17, 15) is 36.5 Å². The first-order valence-electron chi connectivity index (χ1n) is 9.87. The number of hydrogen-bond acceptors (Lipinski definition) is 10. The second-order valence-electron chi connectivity index (χ2n) is 7.71. The highest BCUT2D eigenvalue weighted by Crippen LogP contribution is 2.34. The second kappa shape index (κ2) is 8.94. The number of nitrogens with zero attached hydrogens (tertiary/aromatic N) is 6. The largest absolute Gasteiger partial charge is 0.416 e. The summed E-state index contributed by atoms with van der Waals surface area (Å²) in [5, 5.41) is 19.2. The first-order chi connectivity index (χ1) is 16.7. The van der Waals surface area contributed by atoms with E-state index in [-0.39, 0.29) is 32.3 Å². The Kier molecular flexibility index (Phi) is 6.25. The summed E-state index contributed by atoms with van der Waals surface area (Å²) in [7, 11) is -2.29. The fourth-order valence-electron chi connectivity index (χ4n) is 3.26. The summed E-state index contributed by atoms with van der Waals surface area (Å²) in [6.45, 7) is 0.0165. The Morgan fingerprint density at radius 2 is 1.94 bits per heavy atom. The highest BCUT2D eigenvalue weighted by Gasteiger charge is 2.30. The normalized spacial score (nSPS) is 12.1. The molecule has 0 fully saturated rings. The molecule has 2 aromatic carbocycles. The lowest BCUT2D eigenvalue weighted by Gasteiger charge is -2.15. The third-order valence-corrected chi connectivity index (χ3v) is 7.30. The molecule has 0 spiro atoms. The van der Waals surface area contributed by atoms with Crippen LogP contribution >= 0.6 is 11.3 Å². The van der Waals surface area contributed by atoms with Crippen molar-refractivity contribution in [2.24, 2.45) is 0 Å². The van der Waals surface area contributed by atoms with Crippen molar-refractivity contribution in [1.82, 2.24) is 20.0 Å².